The third-order valence-electron chi connectivity index (χ3n) is 2.88. The van der Waals surface area contributed by atoms with Crippen molar-refractivity contribution in [3.05, 3.63) is 35.4 Å². The van der Waals surface area contributed by atoms with Gasteiger partial charge >= 0.3 is 5.97 Å². The fraction of sp³-hybridized carbons (Fsp3) is 0.500. The van der Waals surface area contributed by atoms with E-state index >= 15 is 0 Å². The third kappa shape index (κ3) is 7.22. The molecule has 0 saturated carbocycles. The van der Waals surface area contributed by atoms with E-state index in [4.69, 9.17) is 9.84 Å². The van der Waals surface area contributed by atoms with Crippen molar-refractivity contribution in [1.29, 1.82) is 0 Å². The predicted octanol–water partition coefficient (Wildman–Crippen LogP) is 1.62. The van der Waals surface area contributed by atoms with Crippen molar-refractivity contribution in [3.63, 3.8) is 0 Å². The van der Waals surface area contributed by atoms with Crippen LogP contribution in [0.2, 0.25) is 0 Å². The van der Waals surface area contributed by atoms with Crippen LogP contribution >= 0.6 is 0 Å². The van der Waals surface area contributed by atoms with E-state index in [-0.39, 0.29) is 11.3 Å². The van der Waals surface area contributed by atoms with Crippen molar-refractivity contribution in [2.75, 3.05) is 20.3 Å². The monoisotopic (exact) mass is 315 g/mol. The molecule has 0 aliphatic heterocycles. The molecule has 1 rings (SSSR count). The summed E-state index contributed by atoms with van der Waals surface area (Å²) in [4.78, 5) is 10.8. The van der Waals surface area contributed by atoms with Crippen LogP contribution in [-0.2, 0) is 20.5 Å². The molecule has 2 N–H and O–H groups in total. The average molecular weight is 315 g/mol. The molecule has 6 nitrogen and oxygen atoms in total. The van der Waals surface area contributed by atoms with Crippen molar-refractivity contribution >= 4 is 16.0 Å². The van der Waals surface area contributed by atoms with Gasteiger partial charge in [0, 0.05) is 20.3 Å². The first kappa shape index (κ1) is 17.6. The van der Waals surface area contributed by atoms with Crippen molar-refractivity contribution in [2.24, 2.45) is 0 Å². The highest BCUT2D eigenvalue weighted by Gasteiger charge is 2.12. The molecule has 0 spiro atoms. The number of carbonyl (C=O) groups is 1. The first-order chi connectivity index (χ1) is 9.94. The van der Waals surface area contributed by atoms with Crippen LogP contribution in [0.25, 0.3) is 0 Å². The maximum absolute atomic E-state index is 11.9. The summed E-state index contributed by atoms with van der Waals surface area (Å²) in [6, 6.07) is 5.95. The number of nitrogens with one attached hydrogen (secondary N) is 1. The normalized spacial score (nSPS) is 11.5. The van der Waals surface area contributed by atoms with E-state index in [1.54, 1.807) is 19.2 Å². The zero-order valence-corrected chi connectivity index (χ0v) is 12.9. The topological polar surface area (TPSA) is 92.7 Å². The second kappa shape index (κ2) is 8.76. The molecule has 7 heteroatoms. The molecule has 0 unspecified atom stereocenters. The molecule has 0 radical (unpaired) electrons. The molecule has 0 aliphatic carbocycles. The van der Waals surface area contributed by atoms with Gasteiger partial charge in [0.25, 0.3) is 0 Å². The Balaban J connectivity index is 2.45. The number of hydrogen-bond acceptors (Lipinski definition) is 4. The highest BCUT2D eigenvalue weighted by atomic mass is 32.2. The van der Waals surface area contributed by atoms with E-state index in [1.807, 2.05) is 0 Å². The van der Waals surface area contributed by atoms with Crippen LogP contribution in [0.4, 0.5) is 0 Å². The second-order valence-electron chi connectivity index (χ2n) is 4.71. The maximum atomic E-state index is 11.9. The summed E-state index contributed by atoms with van der Waals surface area (Å²) in [7, 11) is -1.81. The molecule has 0 saturated heterocycles. The summed E-state index contributed by atoms with van der Waals surface area (Å²) < 4.78 is 31.2. The Hall–Kier alpha value is -1.44. The highest BCUT2D eigenvalue weighted by molar-refractivity contribution is 7.88. The van der Waals surface area contributed by atoms with Gasteiger partial charge in [-0.2, -0.15) is 0 Å². The van der Waals surface area contributed by atoms with Gasteiger partial charge in [0.2, 0.25) is 10.0 Å². The molecule has 1 aromatic carbocycles. The van der Waals surface area contributed by atoms with Gasteiger partial charge in [-0.15, -0.1) is 0 Å². The molecule has 1 aromatic rings. The summed E-state index contributed by atoms with van der Waals surface area (Å²) in [5, 5.41) is 8.88. The molecule has 118 valence electrons. The standard InChI is InChI=1S/C14H21NO5S/c1-20-9-4-2-3-8-15-21(18,19)11-12-6-5-7-13(10-12)14(16)17/h5-7,10,15H,2-4,8-9,11H2,1H3,(H,16,17). The van der Waals surface area contributed by atoms with Crippen LogP contribution in [0.1, 0.15) is 35.2 Å². The van der Waals surface area contributed by atoms with Crippen LogP contribution in [0.15, 0.2) is 24.3 Å². The van der Waals surface area contributed by atoms with Crippen molar-refractivity contribution in [1.82, 2.24) is 4.72 Å². The van der Waals surface area contributed by atoms with E-state index in [0.717, 1.165) is 19.3 Å². The van der Waals surface area contributed by atoms with Crippen LogP contribution in [-0.4, -0.2) is 39.8 Å². The van der Waals surface area contributed by atoms with Gasteiger partial charge in [-0.05, 0) is 37.0 Å². The molecule has 0 atom stereocenters. The highest BCUT2D eigenvalue weighted by Crippen LogP contribution is 2.09. The molecule has 0 bridgehead atoms. The molecule has 0 fully saturated rings. The SMILES string of the molecule is COCCCCCNS(=O)(=O)Cc1cccc(C(=O)O)c1. The lowest BCUT2D eigenvalue weighted by molar-refractivity contribution is 0.0696. The molecule has 21 heavy (non-hydrogen) atoms. The minimum absolute atomic E-state index is 0.0854. The number of hydrogen-bond donors (Lipinski definition) is 2. The Labute approximate surface area is 125 Å². The molecular formula is C14H21NO5S. The lowest BCUT2D eigenvalue weighted by atomic mass is 10.1. The van der Waals surface area contributed by atoms with Crippen LogP contribution < -0.4 is 4.72 Å². The second-order valence-corrected chi connectivity index (χ2v) is 6.52. The molecule has 0 aromatic heterocycles. The predicted molar refractivity (Wildman–Crippen MR) is 79.8 cm³/mol. The van der Waals surface area contributed by atoms with Crippen molar-refractivity contribution in [3.8, 4) is 0 Å². The van der Waals surface area contributed by atoms with Gasteiger partial charge in [0.15, 0.2) is 0 Å². The first-order valence-corrected chi connectivity index (χ1v) is 8.38. The number of unbranched alkanes of at least 4 members (excludes halogenated alkanes) is 2. The Morgan fingerprint density at radius 1 is 1.29 bits per heavy atom. The number of benzene rings is 1. The zero-order valence-electron chi connectivity index (χ0n) is 12.0. The quantitative estimate of drug-likeness (QED) is 0.640. The smallest absolute Gasteiger partial charge is 0.335 e. The largest absolute Gasteiger partial charge is 0.478 e. The summed E-state index contributed by atoms with van der Waals surface area (Å²) in [6.45, 7) is 1.05. The van der Waals surface area contributed by atoms with Crippen LogP contribution in [0, 0.1) is 0 Å². The summed E-state index contributed by atoms with van der Waals surface area (Å²) >= 11 is 0. The molecular weight excluding hydrogens is 294 g/mol. The number of ether oxygens (including phenoxy) is 1. The third-order valence-corrected chi connectivity index (χ3v) is 4.24. The lowest BCUT2D eigenvalue weighted by Crippen LogP contribution is -2.26. The zero-order chi connectivity index (χ0) is 15.7. The summed E-state index contributed by atoms with van der Waals surface area (Å²) in [5.41, 5.74) is 0.545. The summed E-state index contributed by atoms with van der Waals surface area (Å²) in [5.74, 6) is -1.29. The fourth-order valence-electron chi connectivity index (χ4n) is 1.84. The Bertz CT molecular complexity index is 556. The minimum Gasteiger partial charge on any atom is -0.478 e. The van der Waals surface area contributed by atoms with Crippen LogP contribution in [0.3, 0.4) is 0 Å². The number of aromatic carboxylic acids is 1. The minimum atomic E-state index is -3.44. The molecule has 0 aliphatic rings. The van der Waals surface area contributed by atoms with Crippen LogP contribution in [0.5, 0.6) is 0 Å². The summed E-state index contributed by atoms with van der Waals surface area (Å²) in [6.07, 6.45) is 2.54. The Morgan fingerprint density at radius 2 is 2.05 bits per heavy atom. The van der Waals surface area contributed by atoms with Gasteiger partial charge in [-0.1, -0.05) is 12.1 Å². The Kier molecular flexibility index (Phi) is 7.35. The van der Waals surface area contributed by atoms with Crippen molar-refractivity contribution < 1.29 is 23.1 Å². The number of sulfonamides is 1. The van der Waals surface area contributed by atoms with Gasteiger partial charge in [0.1, 0.15) is 0 Å². The Morgan fingerprint density at radius 3 is 2.71 bits per heavy atom. The van der Waals surface area contributed by atoms with E-state index < -0.39 is 16.0 Å². The van der Waals surface area contributed by atoms with E-state index in [2.05, 4.69) is 4.72 Å². The van der Waals surface area contributed by atoms with Crippen molar-refractivity contribution in [2.45, 2.75) is 25.0 Å². The fourth-order valence-corrected chi connectivity index (χ4v) is 3.02. The number of carboxylic acid groups (broad SMARTS) is 1. The first-order valence-electron chi connectivity index (χ1n) is 6.73. The van der Waals surface area contributed by atoms with E-state index in [1.165, 1.54) is 12.1 Å². The van der Waals surface area contributed by atoms with Gasteiger partial charge in [0.05, 0.1) is 11.3 Å². The average Bonchev–Trinajstić information content (AvgIpc) is 2.42. The van der Waals surface area contributed by atoms with Gasteiger partial charge in [-0.3, -0.25) is 0 Å². The molecule has 0 heterocycles. The van der Waals surface area contributed by atoms with Gasteiger partial charge in [-0.25, -0.2) is 17.9 Å². The van der Waals surface area contributed by atoms with E-state index in [9.17, 15) is 13.2 Å². The molecule has 0 amide bonds. The number of carboxylic acids is 1. The maximum Gasteiger partial charge on any atom is 0.335 e. The van der Waals surface area contributed by atoms with Gasteiger partial charge < -0.3 is 9.84 Å². The number of methoxy groups -OCH3 is 1. The van der Waals surface area contributed by atoms with E-state index in [0.29, 0.717) is 18.7 Å². The number of rotatable bonds is 10. The lowest BCUT2D eigenvalue weighted by Gasteiger charge is -2.07.